The number of aliphatic carboxylic acids is 1. The molecule has 1 aromatic rings. The molecule has 1 N–H and O–H groups in total. The molecule has 8 heteroatoms. The summed E-state index contributed by atoms with van der Waals surface area (Å²) in [7, 11) is 1.59. The smallest absolute Gasteiger partial charge is 0.303 e. The van der Waals surface area contributed by atoms with Gasteiger partial charge in [-0.05, 0) is 46.1 Å². The Morgan fingerprint density at radius 2 is 2.26 bits per heavy atom. The number of thioether (sulfide) groups is 1. The summed E-state index contributed by atoms with van der Waals surface area (Å²) in [6.07, 6.45) is 2.16. The van der Waals surface area contributed by atoms with E-state index in [-0.39, 0.29) is 12.3 Å². The minimum Gasteiger partial charge on any atom is -0.496 e. The van der Waals surface area contributed by atoms with Crippen LogP contribution < -0.4 is 4.74 Å². The summed E-state index contributed by atoms with van der Waals surface area (Å²) in [6.45, 7) is 0.320. The maximum atomic E-state index is 12.4. The van der Waals surface area contributed by atoms with Crippen molar-refractivity contribution in [2.75, 3.05) is 13.7 Å². The fourth-order valence-electron chi connectivity index (χ4n) is 2.00. The van der Waals surface area contributed by atoms with Crippen LogP contribution in [0.15, 0.2) is 27.6 Å². The first-order chi connectivity index (χ1) is 10.9. The summed E-state index contributed by atoms with van der Waals surface area (Å²) in [5.74, 6) is -0.352. The SMILES string of the molecule is COc1ccc(/C=C2/SC(=S)N(CCCC(=O)O)C2=O)cc1Br. The fourth-order valence-corrected chi connectivity index (χ4v) is 3.87. The number of hydrogen-bond acceptors (Lipinski definition) is 5. The van der Waals surface area contributed by atoms with Gasteiger partial charge in [0.25, 0.3) is 5.91 Å². The van der Waals surface area contributed by atoms with Crippen LogP contribution in [0, 0.1) is 0 Å². The van der Waals surface area contributed by atoms with Gasteiger partial charge in [0.15, 0.2) is 0 Å². The Labute approximate surface area is 151 Å². The molecule has 0 bridgehead atoms. The van der Waals surface area contributed by atoms with Gasteiger partial charge in [-0.2, -0.15) is 0 Å². The van der Waals surface area contributed by atoms with E-state index < -0.39 is 5.97 Å². The van der Waals surface area contributed by atoms with Crippen LogP contribution in [0.4, 0.5) is 0 Å². The highest BCUT2D eigenvalue weighted by Gasteiger charge is 2.31. The number of ether oxygens (including phenoxy) is 1. The summed E-state index contributed by atoms with van der Waals surface area (Å²) in [5, 5.41) is 8.67. The van der Waals surface area contributed by atoms with E-state index in [1.165, 1.54) is 16.7 Å². The van der Waals surface area contributed by atoms with E-state index in [0.717, 1.165) is 10.0 Å². The molecule has 0 unspecified atom stereocenters. The number of nitrogens with zero attached hydrogens (tertiary/aromatic N) is 1. The maximum Gasteiger partial charge on any atom is 0.303 e. The van der Waals surface area contributed by atoms with Crippen molar-refractivity contribution in [3.05, 3.63) is 33.1 Å². The number of carboxylic acid groups (broad SMARTS) is 1. The third-order valence-corrected chi connectivity index (χ3v) is 5.12. The van der Waals surface area contributed by atoms with Crippen LogP contribution in [-0.4, -0.2) is 39.9 Å². The number of carbonyl (C=O) groups excluding carboxylic acids is 1. The fraction of sp³-hybridized carbons (Fsp3) is 0.267. The maximum absolute atomic E-state index is 12.4. The van der Waals surface area contributed by atoms with Crippen LogP contribution >= 0.6 is 39.9 Å². The van der Waals surface area contributed by atoms with Crippen molar-refractivity contribution in [3.8, 4) is 5.75 Å². The molecule has 0 aliphatic carbocycles. The first kappa shape index (κ1) is 18.0. The zero-order valence-electron chi connectivity index (χ0n) is 12.2. The van der Waals surface area contributed by atoms with Gasteiger partial charge in [-0.25, -0.2) is 0 Å². The quantitative estimate of drug-likeness (QED) is 0.566. The standard InChI is InChI=1S/C15H14BrNO4S2/c1-21-11-5-4-9(7-10(11)16)8-12-14(20)17(15(22)23-12)6-2-3-13(18)19/h4-5,7-8H,2-3,6H2,1H3,(H,18,19)/b12-8+. The Bertz CT molecular complexity index is 690. The van der Waals surface area contributed by atoms with Gasteiger partial charge in [0.2, 0.25) is 0 Å². The van der Waals surface area contributed by atoms with E-state index in [2.05, 4.69) is 15.9 Å². The topological polar surface area (TPSA) is 66.8 Å². The molecule has 1 heterocycles. The number of benzene rings is 1. The third-order valence-electron chi connectivity index (χ3n) is 3.12. The van der Waals surface area contributed by atoms with Crippen molar-refractivity contribution in [2.24, 2.45) is 0 Å². The minimum absolute atomic E-state index is 0.0154. The molecule has 1 aliphatic rings. The molecule has 1 aromatic carbocycles. The molecule has 5 nitrogen and oxygen atoms in total. The average molecular weight is 416 g/mol. The average Bonchev–Trinajstić information content (AvgIpc) is 2.74. The first-order valence-corrected chi connectivity index (χ1v) is 8.75. The molecule has 1 saturated heterocycles. The number of rotatable bonds is 6. The molecule has 1 aliphatic heterocycles. The molecule has 122 valence electrons. The van der Waals surface area contributed by atoms with Crippen LogP contribution in [0.25, 0.3) is 6.08 Å². The summed E-state index contributed by atoms with van der Waals surface area (Å²) < 4.78 is 6.43. The molecule has 0 saturated carbocycles. The van der Waals surface area contributed by atoms with Gasteiger partial charge in [-0.1, -0.05) is 30.0 Å². The lowest BCUT2D eigenvalue weighted by Gasteiger charge is -2.13. The number of hydrogen-bond donors (Lipinski definition) is 1. The summed E-state index contributed by atoms with van der Waals surface area (Å²) in [5.41, 5.74) is 0.851. The molecule has 0 radical (unpaired) electrons. The van der Waals surface area contributed by atoms with Gasteiger partial charge < -0.3 is 9.84 Å². The Morgan fingerprint density at radius 3 is 2.87 bits per heavy atom. The number of amides is 1. The zero-order chi connectivity index (χ0) is 17.0. The lowest BCUT2D eigenvalue weighted by Crippen LogP contribution is -2.29. The van der Waals surface area contributed by atoms with E-state index >= 15 is 0 Å². The summed E-state index contributed by atoms with van der Waals surface area (Å²) >= 11 is 9.84. The van der Waals surface area contributed by atoms with E-state index in [0.29, 0.717) is 27.9 Å². The molecular weight excluding hydrogens is 402 g/mol. The number of methoxy groups -OCH3 is 1. The van der Waals surface area contributed by atoms with Crippen molar-refractivity contribution in [1.82, 2.24) is 4.90 Å². The lowest BCUT2D eigenvalue weighted by atomic mass is 10.2. The largest absolute Gasteiger partial charge is 0.496 e. The molecular formula is C15H14BrNO4S2. The van der Waals surface area contributed by atoms with Crippen molar-refractivity contribution >= 4 is 62.2 Å². The third kappa shape index (κ3) is 4.55. The minimum atomic E-state index is -0.880. The molecule has 23 heavy (non-hydrogen) atoms. The van der Waals surface area contributed by atoms with Crippen molar-refractivity contribution in [3.63, 3.8) is 0 Å². The van der Waals surface area contributed by atoms with E-state index in [1.54, 1.807) is 13.2 Å². The van der Waals surface area contributed by atoms with Crippen LogP contribution in [0.1, 0.15) is 18.4 Å². The van der Waals surface area contributed by atoms with Crippen LogP contribution in [-0.2, 0) is 9.59 Å². The van der Waals surface area contributed by atoms with Gasteiger partial charge in [-0.15, -0.1) is 0 Å². The molecule has 1 fully saturated rings. The predicted molar refractivity (Wildman–Crippen MR) is 97.4 cm³/mol. The summed E-state index contributed by atoms with van der Waals surface area (Å²) in [6, 6.07) is 5.51. The first-order valence-electron chi connectivity index (χ1n) is 6.73. The van der Waals surface area contributed by atoms with E-state index in [1.807, 2.05) is 18.2 Å². The Hall–Kier alpha value is -1.38. The number of halogens is 1. The van der Waals surface area contributed by atoms with E-state index in [4.69, 9.17) is 22.1 Å². The second kappa shape index (κ2) is 7.94. The number of carboxylic acids is 1. The van der Waals surface area contributed by atoms with Crippen molar-refractivity contribution in [1.29, 1.82) is 0 Å². The molecule has 0 atom stereocenters. The van der Waals surface area contributed by atoms with Gasteiger partial charge in [0.1, 0.15) is 10.1 Å². The Morgan fingerprint density at radius 1 is 1.52 bits per heavy atom. The van der Waals surface area contributed by atoms with Crippen LogP contribution in [0.5, 0.6) is 5.75 Å². The second-order valence-electron chi connectivity index (χ2n) is 4.72. The van der Waals surface area contributed by atoms with Gasteiger partial charge in [0.05, 0.1) is 16.5 Å². The zero-order valence-corrected chi connectivity index (χ0v) is 15.5. The molecule has 1 amide bonds. The highest BCUT2D eigenvalue weighted by Crippen LogP contribution is 2.34. The van der Waals surface area contributed by atoms with Crippen molar-refractivity contribution < 1.29 is 19.4 Å². The van der Waals surface area contributed by atoms with E-state index in [9.17, 15) is 9.59 Å². The number of thiocarbonyl (C=S) groups is 1. The predicted octanol–water partition coefficient (Wildman–Crippen LogP) is 3.52. The van der Waals surface area contributed by atoms with Crippen molar-refractivity contribution in [2.45, 2.75) is 12.8 Å². The van der Waals surface area contributed by atoms with Gasteiger partial charge in [0, 0.05) is 13.0 Å². The van der Waals surface area contributed by atoms with Crippen LogP contribution in [0.2, 0.25) is 0 Å². The highest BCUT2D eigenvalue weighted by molar-refractivity contribution is 9.10. The lowest BCUT2D eigenvalue weighted by molar-refractivity contribution is -0.137. The van der Waals surface area contributed by atoms with Gasteiger partial charge >= 0.3 is 5.97 Å². The normalized spacial score (nSPS) is 16.3. The monoisotopic (exact) mass is 415 g/mol. The van der Waals surface area contributed by atoms with Gasteiger partial charge in [-0.3, -0.25) is 14.5 Å². The molecule has 2 rings (SSSR count). The highest BCUT2D eigenvalue weighted by atomic mass is 79.9. The van der Waals surface area contributed by atoms with Crippen LogP contribution in [0.3, 0.4) is 0 Å². The Kier molecular flexibility index (Phi) is 6.20. The molecule has 0 spiro atoms. The Balaban J connectivity index is 2.11. The molecule has 0 aromatic heterocycles. The number of carbonyl (C=O) groups is 2. The second-order valence-corrected chi connectivity index (χ2v) is 7.25. The summed E-state index contributed by atoms with van der Waals surface area (Å²) in [4.78, 5) is 24.9.